The molecule has 1 aromatic rings. The number of nitrogens with one attached hydrogen (secondary N) is 1. The minimum atomic E-state index is -3.42. The Kier molecular flexibility index (Phi) is 4.49. The molecule has 0 saturated heterocycles. The lowest BCUT2D eigenvalue weighted by Gasteiger charge is -2.31. The zero-order chi connectivity index (χ0) is 26.8. The van der Waals surface area contributed by atoms with Gasteiger partial charge in [0.2, 0.25) is 0 Å². The van der Waals surface area contributed by atoms with Gasteiger partial charge in [-0.15, -0.1) is 0 Å². The van der Waals surface area contributed by atoms with Gasteiger partial charge in [-0.2, -0.15) is 0 Å². The van der Waals surface area contributed by atoms with Gasteiger partial charge in [0.1, 0.15) is 11.4 Å². The maximum Gasteiger partial charge on any atom is 0.408 e. The van der Waals surface area contributed by atoms with Crippen molar-refractivity contribution < 1.29 is 30.3 Å². The monoisotopic (exact) mass is 373 g/mol. The van der Waals surface area contributed by atoms with Crippen molar-refractivity contribution in [2.45, 2.75) is 78.4 Å². The summed E-state index contributed by atoms with van der Waals surface area (Å²) >= 11 is 0. The van der Waals surface area contributed by atoms with Crippen LogP contribution >= 0.6 is 0 Å². The minimum absolute atomic E-state index is 0.0462. The van der Waals surface area contributed by atoms with E-state index < -0.39 is 49.5 Å². The fraction of sp³-hybridized carbons (Fsp3) is 0.667. The summed E-state index contributed by atoms with van der Waals surface area (Å²) in [5.74, 6) is -0.297. The molecular weight excluding hydrogens is 330 g/mol. The van der Waals surface area contributed by atoms with Crippen LogP contribution in [0.1, 0.15) is 83.7 Å². The van der Waals surface area contributed by atoms with Gasteiger partial charge in [0.25, 0.3) is 0 Å². The Labute approximate surface area is 169 Å². The fourth-order valence-electron chi connectivity index (χ4n) is 2.24. The molecule has 5 nitrogen and oxygen atoms in total. The second-order valence-corrected chi connectivity index (χ2v) is 7.32. The molecule has 0 aliphatic rings. The number of carbonyl (C=O) groups excluding carboxylic acids is 1. The molecule has 0 fully saturated rings. The van der Waals surface area contributed by atoms with Crippen molar-refractivity contribution in [3.8, 4) is 5.75 Å². The summed E-state index contributed by atoms with van der Waals surface area (Å²) in [6.45, 7) is -0.464. The summed E-state index contributed by atoms with van der Waals surface area (Å²) in [5.41, 5.74) is -4.37. The van der Waals surface area contributed by atoms with Crippen molar-refractivity contribution in [2.24, 2.45) is 5.92 Å². The molecule has 0 aliphatic heterocycles. The molecule has 5 heteroatoms. The normalized spacial score (nSPS) is 20.5. The zero-order valence-corrected chi connectivity index (χ0v) is 16.1. The van der Waals surface area contributed by atoms with E-state index in [1.54, 1.807) is 27.7 Å². The molecule has 0 aliphatic carbocycles. The summed E-state index contributed by atoms with van der Waals surface area (Å²) in [7, 11) is 0. The highest BCUT2D eigenvalue weighted by molar-refractivity contribution is 5.68. The molecule has 1 amide bonds. The third kappa shape index (κ3) is 8.09. The Hall–Kier alpha value is -1.75. The lowest BCUT2D eigenvalue weighted by Crippen LogP contribution is -2.44. The predicted molar refractivity (Wildman–Crippen MR) is 104 cm³/mol. The third-order valence-electron chi connectivity index (χ3n) is 3.39. The number of benzene rings is 1. The smallest absolute Gasteiger partial charge is 0.408 e. The first kappa shape index (κ1) is 12.6. The van der Waals surface area contributed by atoms with Crippen molar-refractivity contribution in [1.29, 1.82) is 0 Å². The van der Waals surface area contributed by atoms with Crippen LogP contribution in [-0.4, -0.2) is 29.0 Å². The average Bonchev–Trinajstić information content (AvgIpc) is 2.63. The largest absolute Gasteiger partial charge is 0.493 e. The Morgan fingerprint density at radius 2 is 1.92 bits per heavy atom. The van der Waals surface area contributed by atoms with E-state index in [0.717, 1.165) is 6.42 Å². The number of hydrogen-bond donors (Lipinski definition) is 2. The second kappa shape index (κ2) is 9.26. The van der Waals surface area contributed by atoms with Gasteiger partial charge in [-0.3, -0.25) is 0 Å². The molecular formula is C21H35NO4. The van der Waals surface area contributed by atoms with Gasteiger partial charge in [0.15, 0.2) is 0 Å². The molecule has 1 aromatic carbocycles. The van der Waals surface area contributed by atoms with Crippen LogP contribution in [0, 0.1) is 5.92 Å². The number of amides is 1. The van der Waals surface area contributed by atoms with E-state index in [-0.39, 0.29) is 11.3 Å². The van der Waals surface area contributed by atoms with Crippen LogP contribution in [0.15, 0.2) is 24.3 Å². The molecule has 0 bridgehead atoms. The van der Waals surface area contributed by atoms with Gasteiger partial charge in [-0.25, -0.2) is 4.79 Å². The standard InChI is InChI=1S/C21H35NO4/c1-8-9-15(2)14-25-17-12-10-16(11-13-17)18(21(6,7)24)22-19(23)26-20(3,4)5/h10-13,15,18,24H,8-9,14H2,1-7H3,(H,22,23)/t15-,18+/m0/s1/i6D3,7D3,14D2. The quantitative estimate of drug-likeness (QED) is 0.684. The third-order valence-corrected chi connectivity index (χ3v) is 3.39. The highest BCUT2D eigenvalue weighted by Gasteiger charge is 2.31. The predicted octanol–water partition coefficient (Wildman–Crippen LogP) is 4.84. The Bertz CT molecular complexity index is 802. The summed E-state index contributed by atoms with van der Waals surface area (Å²) < 4.78 is 73.4. The van der Waals surface area contributed by atoms with Crippen molar-refractivity contribution in [1.82, 2.24) is 5.32 Å². The zero-order valence-electron chi connectivity index (χ0n) is 24.1. The molecule has 0 spiro atoms. The topological polar surface area (TPSA) is 67.8 Å². The van der Waals surface area contributed by atoms with Crippen LogP contribution in [0.4, 0.5) is 4.79 Å². The van der Waals surface area contributed by atoms with Gasteiger partial charge in [0.05, 0.1) is 20.9 Å². The summed E-state index contributed by atoms with van der Waals surface area (Å²) in [5, 5.41) is 13.2. The molecule has 0 saturated carbocycles. The molecule has 2 atom stereocenters. The fourth-order valence-corrected chi connectivity index (χ4v) is 2.24. The maximum atomic E-state index is 12.4. The molecule has 148 valence electrons. The van der Waals surface area contributed by atoms with E-state index in [2.05, 4.69) is 5.32 Å². The highest BCUT2D eigenvalue weighted by Crippen LogP contribution is 2.28. The van der Waals surface area contributed by atoms with E-state index in [4.69, 9.17) is 20.4 Å². The van der Waals surface area contributed by atoms with Gasteiger partial charge in [0, 0.05) is 8.22 Å². The highest BCUT2D eigenvalue weighted by atomic mass is 16.6. The van der Waals surface area contributed by atoms with Crippen LogP contribution in [0.3, 0.4) is 0 Å². The lowest BCUT2D eigenvalue weighted by molar-refractivity contribution is 0.0163. The molecule has 2 N–H and O–H groups in total. The first-order valence-corrected chi connectivity index (χ1v) is 8.66. The molecule has 1 rings (SSSR count). The number of ether oxygens (including phenoxy) is 2. The van der Waals surface area contributed by atoms with Crippen LogP contribution in [-0.2, 0) is 4.74 Å². The van der Waals surface area contributed by atoms with E-state index >= 15 is 0 Å². The molecule has 0 unspecified atom stereocenters. The first-order valence-electron chi connectivity index (χ1n) is 12.7. The number of alkyl carbamates (subject to hydrolysis) is 1. The van der Waals surface area contributed by atoms with Crippen LogP contribution in [0.5, 0.6) is 5.75 Å². The summed E-state index contributed by atoms with van der Waals surface area (Å²) in [6, 6.07) is 3.25. The maximum absolute atomic E-state index is 12.4. The van der Waals surface area contributed by atoms with Crippen molar-refractivity contribution in [3.05, 3.63) is 29.8 Å². The van der Waals surface area contributed by atoms with Crippen LogP contribution in [0.2, 0.25) is 0 Å². The van der Waals surface area contributed by atoms with E-state index in [1.165, 1.54) is 24.3 Å². The Balaban J connectivity index is 3.44. The van der Waals surface area contributed by atoms with E-state index in [0.29, 0.717) is 6.42 Å². The molecule has 26 heavy (non-hydrogen) atoms. The van der Waals surface area contributed by atoms with Crippen molar-refractivity contribution in [3.63, 3.8) is 0 Å². The van der Waals surface area contributed by atoms with Gasteiger partial charge < -0.3 is 19.9 Å². The van der Waals surface area contributed by atoms with Crippen molar-refractivity contribution in [2.75, 3.05) is 6.56 Å². The van der Waals surface area contributed by atoms with E-state index in [9.17, 15) is 9.90 Å². The summed E-state index contributed by atoms with van der Waals surface area (Å²) in [4.78, 5) is 12.4. The Morgan fingerprint density at radius 3 is 2.42 bits per heavy atom. The number of carbonyl (C=O) groups is 1. The molecule has 0 aromatic heterocycles. The summed E-state index contributed by atoms with van der Waals surface area (Å²) in [6.07, 6.45) is 0.246. The van der Waals surface area contributed by atoms with E-state index in [1.807, 2.05) is 6.92 Å². The van der Waals surface area contributed by atoms with Crippen molar-refractivity contribution >= 4 is 6.09 Å². The Morgan fingerprint density at radius 1 is 1.31 bits per heavy atom. The molecule has 0 heterocycles. The number of aliphatic hydroxyl groups is 1. The van der Waals surface area contributed by atoms with Gasteiger partial charge in [-0.05, 0) is 64.5 Å². The van der Waals surface area contributed by atoms with Crippen LogP contribution < -0.4 is 10.1 Å². The van der Waals surface area contributed by atoms with Gasteiger partial charge in [-0.1, -0.05) is 32.4 Å². The number of hydrogen-bond acceptors (Lipinski definition) is 4. The first-order chi connectivity index (χ1) is 15.2. The number of rotatable bonds is 8. The van der Waals surface area contributed by atoms with Gasteiger partial charge >= 0.3 is 6.09 Å². The second-order valence-electron chi connectivity index (χ2n) is 7.32. The van der Waals surface area contributed by atoms with Crippen LogP contribution in [0.25, 0.3) is 0 Å². The SMILES string of the molecule is [2H]C([2H])(Oc1ccc([C@@H](NC(=O)OC(C)(C)C)C(O)(C([2H])([2H])[2H])C([2H])([2H])[2H])cc1)[C@@H](C)CCC. The lowest BCUT2D eigenvalue weighted by atomic mass is 9.92. The molecule has 0 radical (unpaired) electrons. The minimum Gasteiger partial charge on any atom is -0.493 e. The average molecular weight is 374 g/mol.